The number of sulfonamides is 1. The molecule has 2 N–H and O–H groups in total. The molecule has 3 aromatic carbocycles. The maximum Gasteiger partial charge on any atom is 0.262 e. The lowest BCUT2D eigenvalue weighted by Gasteiger charge is -2.12. The fourth-order valence-electron chi connectivity index (χ4n) is 2.83. The predicted octanol–water partition coefficient (Wildman–Crippen LogP) is 4.56. The average molecular weight is 447 g/mol. The summed E-state index contributed by atoms with van der Waals surface area (Å²) in [6.45, 7) is 2.10. The summed E-state index contributed by atoms with van der Waals surface area (Å²) in [5, 5.41) is 3.43. The Labute approximate surface area is 179 Å². The van der Waals surface area contributed by atoms with E-state index in [1.165, 1.54) is 30.3 Å². The number of carbonyl (C=O) groups is 1. The zero-order chi connectivity index (χ0) is 21.7. The van der Waals surface area contributed by atoms with Crippen molar-refractivity contribution in [1.82, 2.24) is 5.32 Å². The maximum atomic E-state index is 13.8. The van der Waals surface area contributed by atoms with Crippen molar-refractivity contribution >= 4 is 33.2 Å². The third-order valence-electron chi connectivity index (χ3n) is 4.49. The Morgan fingerprint density at radius 3 is 2.43 bits per heavy atom. The van der Waals surface area contributed by atoms with Gasteiger partial charge in [0.15, 0.2) is 0 Å². The highest BCUT2D eigenvalue weighted by Gasteiger charge is 2.19. The van der Waals surface area contributed by atoms with Crippen LogP contribution in [0.1, 0.15) is 21.5 Å². The molecule has 3 rings (SSSR count). The van der Waals surface area contributed by atoms with E-state index >= 15 is 0 Å². The first-order valence-electron chi connectivity index (χ1n) is 9.17. The van der Waals surface area contributed by atoms with Crippen molar-refractivity contribution in [3.05, 3.63) is 94.3 Å². The Morgan fingerprint density at radius 1 is 1.03 bits per heavy atom. The molecule has 0 spiro atoms. The summed E-state index contributed by atoms with van der Waals surface area (Å²) in [5.74, 6) is -1.07. The highest BCUT2D eigenvalue weighted by Crippen LogP contribution is 2.21. The van der Waals surface area contributed by atoms with Crippen LogP contribution in [0, 0.1) is 12.7 Å². The van der Waals surface area contributed by atoms with E-state index in [-0.39, 0.29) is 22.1 Å². The first kappa shape index (κ1) is 21.8. The Hall–Kier alpha value is -2.90. The van der Waals surface area contributed by atoms with Crippen molar-refractivity contribution in [3.63, 3.8) is 0 Å². The number of anilines is 1. The van der Waals surface area contributed by atoms with Gasteiger partial charge in [0.05, 0.1) is 10.6 Å². The molecule has 0 fully saturated rings. The van der Waals surface area contributed by atoms with Gasteiger partial charge in [-0.3, -0.25) is 9.52 Å². The van der Waals surface area contributed by atoms with Crippen LogP contribution in [0.15, 0.2) is 71.6 Å². The molecule has 0 radical (unpaired) electrons. The van der Waals surface area contributed by atoms with Crippen LogP contribution >= 0.6 is 11.6 Å². The molecule has 8 heteroatoms. The van der Waals surface area contributed by atoms with Gasteiger partial charge in [0.2, 0.25) is 0 Å². The number of benzene rings is 3. The average Bonchev–Trinajstić information content (AvgIpc) is 2.71. The highest BCUT2D eigenvalue weighted by atomic mass is 35.5. The molecular weight excluding hydrogens is 427 g/mol. The summed E-state index contributed by atoms with van der Waals surface area (Å²) in [7, 11) is -4.06. The van der Waals surface area contributed by atoms with Crippen LogP contribution in [0.5, 0.6) is 0 Å². The molecule has 0 bridgehead atoms. The lowest BCUT2D eigenvalue weighted by atomic mass is 10.1. The second kappa shape index (κ2) is 9.28. The van der Waals surface area contributed by atoms with E-state index in [2.05, 4.69) is 10.0 Å². The molecule has 1 amide bonds. The van der Waals surface area contributed by atoms with E-state index in [4.69, 9.17) is 11.6 Å². The van der Waals surface area contributed by atoms with Crippen LogP contribution in [0.3, 0.4) is 0 Å². The fraction of sp³-hybridized carbons (Fsp3) is 0.136. The van der Waals surface area contributed by atoms with Gasteiger partial charge in [-0.15, -0.1) is 0 Å². The third kappa shape index (κ3) is 5.37. The number of hydrogen-bond acceptors (Lipinski definition) is 3. The number of rotatable bonds is 7. The first-order chi connectivity index (χ1) is 14.3. The van der Waals surface area contributed by atoms with E-state index in [9.17, 15) is 17.6 Å². The van der Waals surface area contributed by atoms with Crippen LogP contribution in [0.25, 0.3) is 0 Å². The van der Waals surface area contributed by atoms with Crippen LogP contribution in [-0.2, 0) is 16.4 Å². The maximum absolute atomic E-state index is 13.8. The largest absolute Gasteiger partial charge is 0.352 e. The van der Waals surface area contributed by atoms with Gasteiger partial charge < -0.3 is 5.32 Å². The molecule has 0 aliphatic rings. The Balaban J connectivity index is 1.73. The molecule has 0 heterocycles. The molecule has 0 aromatic heterocycles. The lowest BCUT2D eigenvalue weighted by Crippen LogP contribution is -2.27. The minimum absolute atomic E-state index is 0.126. The van der Waals surface area contributed by atoms with Crippen LogP contribution < -0.4 is 10.0 Å². The fourth-order valence-corrected chi connectivity index (χ4v) is 4.05. The van der Waals surface area contributed by atoms with E-state index in [1.807, 2.05) is 12.1 Å². The summed E-state index contributed by atoms with van der Waals surface area (Å²) in [6, 6.07) is 17.0. The van der Waals surface area contributed by atoms with Crippen molar-refractivity contribution in [2.45, 2.75) is 18.2 Å². The number of nitrogens with one attached hydrogen (secondary N) is 2. The van der Waals surface area contributed by atoms with Gasteiger partial charge in [0.1, 0.15) is 5.82 Å². The van der Waals surface area contributed by atoms with E-state index in [0.717, 1.165) is 11.6 Å². The zero-order valence-corrected chi connectivity index (χ0v) is 17.7. The quantitative estimate of drug-likeness (QED) is 0.558. The number of hydrogen-bond donors (Lipinski definition) is 2. The molecule has 0 saturated carbocycles. The number of halogens is 2. The van der Waals surface area contributed by atoms with E-state index in [1.54, 1.807) is 25.1 Å². The standard InChI is InChI=1S/C22H20ClFN2O3S/c1-15-6-11-18(30(28,29)26-21-5-3-2-4-20(21)24)14-19(15)22(27)25-13-12-16-7-9-17(23)10-8-16/h2-11,14,26H,12-13H2,1H3,(H,25,27). The van der Waals surface area contributed by atoms with Gasteiger partial charge in [-0.1, -0.05) is 41.9 Å². The van der Waals surface area contributed by atoms with Gasteiger partial charge in [0.25, 0.3) is 15.9 Å². The molecule has 3 aromatic rings. The zero-order valence-electron chi connectivity index (χ0n) is 16.2. The van der Waals surface area contributed by atoms with Gasteiger partial charge >= 0.3 is 0 Å². The van der Waals surface area contributed by atoms with Crippen LogP contribution in [0.2, 0.25) is 5.02 Å². The van der Waals surface area contributed by atoms with E-state index < -0.39 is 15.8 Å². The molecule has 30 heavy (non-hydrogen) atoms. The second-order valence-corrected chi connectivity index (χ2v) is 8.81. The van der Waals surface area contributed by atoms with Crippen molar-refractivity contribution in [1.29, 1.82) is 0 Å². The minimum atomic E-state index is -4.06. The van der Waals surface area contributed by atoms with Crippen molar-refractivity contribution in [2.24, 2.45) is 0 Å². The summed E-state index contributed by atoms with van der Waals surface area (Å²) in [4.78, 5) is 12.5. The number of para-hydroxylation sites is 1. The van der Waals surface area contributed by atoms with Gasteiger partial charge in [-0.25, -0.2) is 12.8 Å². The summed E-state index contributed by atoms with van der Waals surface area (Å²) >= 11 is 5.86. The molecule has 156 valence electrons. The topological polar surface area (TPSA) is 75.3 Å². The summed E-state index contributed by atoms with van der Waals surface area (Å²) < 4.78 is 41.3. The molecule has 0 atom stereocenters. The molecule has 0 saturated heterocycles. The van der Waals surface area contributed by atoms with Crippen molar-refractivity contribution in [2.75, 3.05) is 11.3 Å². The summed E-state index contributed by atoms with van der Waals surface area (Å²) in [6.07, 6.45) is 0.606. The molecule has 0 aliphatic carbocycles. The van der Waals surface area contributed by atoms with Crippen LogP contribution in [-0.4, -0.2) is 20.9 Å². The van der Waals surface area contributed by atoms with Gasteiger partial charge in [-0.05, 0) is 60.9 Å². The summed E-state index contributed by atoms with van der Waals surface area (Å²) in [5.41, 5.74) is 1.72. The Kier molecular flexibility index (Phi) is 6.74. The van der Waals surface area contributed by atoms with Crippen molar-refractivity contribution < 1.29 is 17.6 Å². The molecule has 0 aliphatic heterocycles. The van der Waals surface area contributed by atoms with Crippen molar-refractivity contribution in [3.8, 4) is 0 Å². The Bertz CT molecular complexity index is 1170. The number of carbonyl (C=O) groups excluding carboxylic acids is 1. The van der Waals surface area contributed by atoms with Gasteiger partial charge in [-0.2, -0.15) is 0 Å². The van der Waals surface area contributed by atoms with Gasteiger partial charge in [0, 0.05) is 17.1 Å². The smallest absolute Gasteiger partial charge is 0.262 e. The first-order valence-corrected chi connectivity index (χ1v) is 11.0. The normalized spacial score (nSPS) is 11.2. The molecule has 0 unspecified atom stereocenters. The predicted molar refractivity (Wildman–Crippen MR) is 116 cm³/mol. The molecular formula is C22H20ClFN2O3S. The number of aryl methyl sites for hydroxylation is 1. The SMILES string of the molecule is Cc1ccc(S(=O)(=O)Nc2ccccc2F)cc1C(=O)NCCc1ccc(Cl)cc1. The molecule has 5 nitrogen and oxygen atoms in total. The van der Waals surface area contributed by atoms with E-state index in [0.29, 0.717) is 23.6 Å². The van der Waals surface area contributed by atoms with Crippen LogP contribution in [0.4, 0.5) is 10.1 Å². The Morgan fingerprint density at radius 2 is 1.73 bits per heavy atom. The second-order valence-electron chi connectivity index (χ2n) is 6.69. The highest BCUT2D eigenvalue weighted by molar-refractivity contribution is 7.92. The monoisotopic (exact) mass is 446 g/mol. The minimum Gasteiger partial charge on any atom is -0.352 e. The lowest BCUT2D eigenvalue weighted by molar-refractivity contribution is 0.0953. The number of amides is 1. The third-order valence-corrected chi connectivity index (χ3v) is 6.11.